The summed E-state index contributed by atoms with van der Waals surface area (Å²) in [6, 6.07) is 0.342. The molecule has 1 rings (SSSR count). The van der Waals surface area contributed by atoms with Gasteiger partial charge in [-0.25, -0.2) is 0 Å². The second-order valence-electron chi connectivity index (χ2n) is 5.30. The summed E-state index contributed by atoms with van der Waals surface area (Å²) in [6.45, 7) is 9.79. The van der Waals surface area contributed by atoms with E-state index >= 15 is 0 Å². The third-order valence-corrected chi connectivity index (χ3v) is 3.68. The Balaban J connectivity index is 2.33. The molecule has 102 valence electrons. The van der Waals surface area contributed by atoms with Gasteiger partial charge in [0.1, 0.15) is 0 Å². The van der Waals surface area contributed by atoms with Crippen LogP contribution in [0.15, 0.2) is 0 Å². The van der Waals surface area contributed by atoms with Gasteiger partial charge in [0.2, 0.25) is 0 Å². The predicted molar refractivity (Wildman–Crippen MR) is 73.2 cm³/mol. The van der Waals surface area contributed by atoms with Crippen LogP contribution in [-0.4, -0.2) is 43.8 Å². The molecule has 2 unspecified atom stereocenters. The molecule has 2 N–H and O–H groups in total. The van der Waals surface area contributed by atoms with Crippen LogP contribution in [0.1, 0.15) is 46.0 Å². The zero-order valence-electron chi connectivity index (χ0n) is 11.7. The van der Waals surface area contributed by atoms with E-state index in [1.165, 1.54) is 38.8 Å². The van der Waals surface area contributed by atoms with Crippen LogP contribution in [0.2, 0.25) is 0 Å². The van der Waals surface area contributed by atoms with E-state index in [-0.39, 0.29) is 0 Å². The minimum absolute atomic E-state index is 0.342. The number of rotatable bonds is 8. The van der Waals surface area contributed by atoms with E-state index in [2.05, 4.69) is 18.7 Å². The Morgan fingerprint density at radius 1 is 1.18 bits per heavy atom. The van der Waals surface area contributed by atoms with E-state index in [0.29, 0.717) is 12.0 Å². The zero-order chi connectivity index (χ0) is 12.5. The summed E-state index contributed by atoms with van der Waals surface area (Å²) in [4.78, 5) is 2.59. The molecule has 3 heteroatoms. The van der Waals surface area contributed by atoms with Gasteiger partial charge in [0.15, 0.2) is 0 Å². The monoisotopic (exact) mass is 242 g/mol. The third-order valence-electron chi connectivity index (χ3n) is 3.68. The lowest BCUT2D eigenvalue weighted by Crippen LogP contribution is -2.45. The average Bonchev–Trinajstić information content (AvgIpc) is 2.35. The van der Waals surface area contributed by atoms with Crippen LogP contribution in [0.5, 0.6) is 0 Å². The van der Waals surface area contributed by atoms with Crippen molar-refractivity contribution < 1.29 is 4.74 Å². The largest absolute Gasteiger partial charge is 0.381 e. The first kappa shape index (κ1) is 14.9. The van der Waals surface area contributed by atoms with E-state index in [1.807, 2.05) is 0 Å². The van der Waals surface area contributed by atoms with Crippen LogP contribution < -0.4 is 5.73 Å². The minimum atomic E-state index is 0.342. The molecule has 1 aliphatic heterocycles. The standard InChI is InChI=1S/C14H30N2O/c1-3-5-8-16(9-6-4-2)11-13-12-17-10-7-14(13)15/h13-14H,3-12,15H2,1-2H3. The topological polar surface area (TPSA) is 38.5 Å². The quantitative estimate of drug-likeness (QED) is 0.709. The maximum atomic E-state index is 6.18. The van der Waals surface area contributed by atoms with Crippen LogP contribution in [-0.2, 0) is 4.74 Å². The van der Waals surface area contributed by atoms with Gasteiger partial charge in [-0.1, -0.05) is 26.7 Å². The maximum absolute atomic E-state index is 6.18. The molecule has 0 radical (unpaired) electrons. The van der Waals surface area contributed by atoms with Crippen molar-refractivity contribution in [3.05, 3.63) is 0 Å². The molecule has 0 saturated carbocycles. The molecule has 0 amide bonds. The number of hydrogen-bond acceptors (Lipinski definition) is 3. The predicted octanol–water partition coefficient (Wildman–Crippen LogP) is 2.25. The zero-order valence-corrected chi connectivity index (χ0v) is 11.7. The summed E-state index contributed by atoms with van der Waals surface area (Å²) in [5.41, 5.74) is 6.18. The molecule has 17 heavy (non-hydrogen) atoms. The van der Waals surface area contributed by atoms with Crippen LogP contribution in [0.3, 0.4) is 0 Å². The van der Waals surface area contributed by atoms with Gasteiger partial charge in [0, 0.05) is 25.1 Å². The van der Waals surface area contributed by atoms with Crippen molar-refractivity contribution >= 4 is 0 Å². The summed E-state index contributed by atoms with van der Waals surface area (Å²) in [7, 11) is 0. The molecule has 1 saturated heterocycles. The number of ether oxygens (including phenoxy) is 1. The van der Waals surface area contributed by atoms with Crippen molar-refractivity contribution in [3.8, 4) is 0 Å². The van der Waals surface area contributed by atoms with Crippen molar-refractivity contribution in [2.45, 2.75) is 52.0 Å². The smallest absolute Gasteiger partial charge is 0.0521 e. The number of unbranched alkanes of at least 4 members (excludes halogenated alkanes) is 2. The Labute approximate surface area is 107 Å². The van der Waals surface area contributed by atoms with E-state index in [0.717, 1.165) is 26.2 Å². The van der Waals surface area contributed by atoms with Gasteiger partial charge in [-0.05, 0) is 32.4 Å². The summed E-state index contributed by atoms with van der Waals surface area (Å²) >= 11 is 0. The first-order valence-electron chi connectivity index (χ1n) is 7.33. The number of nitrogens with two attached hydrogens (primary N) is 1. The molecule has 0 aromatic heterocycles. The van der Waals surface area contributed by atoms with Crippen LogP contribution >= 0.6 is 0 Å². The summed E-state index contributed by atoms with van der Waals surface area (Å²) in [5.74, 6) is 0.539. The summed E-state index contributed by atoms with van der Waals surface area (Å²) in [6.07, 6.45) is 6.17. The van der Waals surface area contributed by atoms with Gasteiger partial charge >= 0.3 is 0 Å². The molecule has 2 atom stereocenters. The van der Waals surface area contributed by atoms with Crippen LogP contribution in [0, 0.1) is 5.92 Å². The Hall–Kier alpha value is -0.120. The van der Waals surface area contributed by atoms with Gasteiger partial charge < -0.3 is 15.4 Å². The SMILES string of the molecule is CCCCN(CCCC)CC1COCCC1N. The van der Waals surface area contributed by atoms with Crippen molar-refractivity contribution in [1.29, 1.82) is 0 Å². The van der Waals surface area contributed by atoms with Crippen LogP contribution in [0.4, 0.5) is 0 Å². The molecule has 0 bridgehead atoms. The molecule has 0 spiro atoms. The second kappa shape index (κ2) is 8.90. The average molecular weight is 242 g/mol. The van der Waals surface area contributed by atoms with Crippen molar-refractivity contribution in [3.63, 3.8) is 0 Å². The Morgan fingerprint density at radius 2 is 1.82 bits per heavy atom. The molecular weight excluding hydrogens is 212 g/mol. The first-order chi connectivity index (χ1) is 8.27. The molecule has 0 aromatic rings. The lowest BCUT2D eigenvalue weighted by Gasteiger charge is -2.33. The molecule has 1 fully saturated rings. The first-order valence-corrected chi connectivity index (χ1v) is 7.33. The second-order valence-corrected chi connectivity index (χ2v) is 5.30. The molecule has 0 aromatic carbocycles. The van der Waals surface area contributed by atoms with Gasteiger partial charge in [-0.15, -0.1) is 0 Å². The lowest BCUT2D eigenvalue weighted by atomic mass is 9.96. The van der Waals surface area contributed by atoms with E-state index < -0.39 is 0 Å². The maximum Gasteiger partial charge on any atom is 0.0521 e. The minimum Gasteiger partial charge on any atom is -0.381 e. The Bertz CT molecular complexity index is 179. The van der Waals surface area contributed by atoms with Crippen LogP contribution in [0.25, 0.3) is 0 Å². The highest BCUT2D eigenvalue weighted by Gasteiger charge is 2.24. The Kier molecular flexibility index (Phi) is 7.82. The third kappa shape index (κ3) is 5.84. The van der Waals surface area contributed by atoms with Crippen molar-refractivity contribution in [1.82, 2.24) is 4.90 Å². The Morgan fingerprint density at radius 3 is 2.35 bits per heavy atom. The van der Waals surface area contributed by atoms with E-state index in [1.54, 1.807) is 0 Å². The van der Waals surface area contributed by atoms with Gasteiger partial charge in [0.25, 0.3) is 0 Å². The van der Waals surface area contributed by atoms with Crippen molar-refractivity contribution in [2.75, 3.05) is 32.8 Å². The summed E-state index contributed by atoms with van der Waals surface area (Å²) < 4.78 is 5.56. The summed E-state index contributed by atoms with van der Waals surface area (Å²) in [5, 5.41) is 0. The number of hydrogen-bond donors (Lipinski definition) is 1. The van der Waals surface area contributed by atoms with Gasteiger partial charge in [0.05, 0.1) is 6.61 Å². The van der Waals surface area contributed by atoms with Gasteiger partial charge in [-0.2, -0.15) is 0 Å². The van der Waals surface area contributed by atoms with Gasteiger partial charge in [-0.3, -0.25) is 0 Å². The fraction of sp³-hybridized carbons (Fsp3) is 1.00. The van der Waals surface area contributed by atoms with E-state index in [4.69, 9.17) is 10.5 Å². The highest BCUT2D eigenvalue weighted by Crippen LogP contribution is 2.15. The van der Waals surface area contributed by atoms with E-state index in [9.17, 15) is 0 Å². The lowest BCUT2D eigenvalue weighted by molar-refractivity contribution is 0.0257. The molecule has 1 aliphatic rings. The van der Waals surface area contributed by atoms with Crippen molar-refractivity contribution in [2.24, 2.45) is 11.7 Å². The normalized spacial score (nSPS) is 25.4. The fourth-order valence-electron chi connectivity index (χ4n) is 2.39. The molecular formula is C14H30N2O. The number of nitrogens with zero attached hydrogens (tertiary/aromatic N) is 1. The highest BCUT2D eigenvalue weighted by molar-refractivity contribution is 4.79. The molecule has 1 heterocycles. The highest BCUT2D eigenvalue weighted by atomic mass is 16.5. The molecule has 0 aliphatic carbocycles. The molecule has 3 nitrogen and oxygen atoms in total. The fourth-order valence-corrected chi connectivity index (χ4v) is 2.39.